The van der Waals surface area contributed by atoms with Crippen molar-refractivity contribution in [2.24, 2.45) is 0 Å². The van der Waals surface area contributed by atoms with E-state index in [2.05, 4.69) is 0 Å². The Balaban J connectivity index is 1.79. The second-order valence-electron chi connectivity index (χ2n) is 7.02. The average Bonchev–Trinajstić information content (AvgIpc) is 2.63. The predicted molar refractivity (Wildman–Crippen MR) is 83.0 cm³/mol. The van der Waals surface area contributed by atoms with Crippen LogP contribution in [0.1, 0.15) is 38.1 Å². The molecule has 3 rings (SSSR count). The van der Waals surface area contributed by atoms with Gasteiger partial charge in [0.15, 0.2) is 0 Å². The summed E-state index contributed by atoms with van der Waals surface area (Å²) in [5.41, 5.74) is 0.508. The number of alkyl halides is 1. The molecule has 0 saturated carbocycles. The van der Waals surface area contributed by atoms with E-state index in [0.717, 1.165) is 5.46 Å². The van der Waals surface area contributed by atoms with Gasteiger partial charge in [-0.25, -0.2) is 4.39 Å². The maximum Gasteiger partial charge on any atom is 0.494 e. The summed E-state index contributed by atoms with van der Waals surface area (Å²) in [6.45, 7) is 8.32. The zero-order valence-corrected chi connectivity index (χ0v) is 13.4. The second-order valence-corrected chi connectivity index (χ2v) is 7.02. The maximum absolute atomic E-state index is 12.9. The summed E-state index contributed by atoms with van der Waals surface area (Å²) >= 11 is 0. The standard InChI is InChI=1S/C16H21BFNO3/c1-15(2)16(3,4)22-17(21-15)12-7-5-6-11(8-12)14(20)19-9-13(18)10-19/h5-8,13H,9-10H2,1-4H3. The summed E-state index contributed by atoms with van der Waals surface area (Å²) in [5.74, 6) is -0.146. The van der Waals surface area contributed by atoms with Crippen LogP contribution in [0.5, 0.6) is 0 Å². The SMILES string of the molecule is CC1(C)OB(c2cccc(C(=O)N3CC(F)C3)c2)OC1(C)C. The minimum atomic E-state index is -0.893. The molecule has 1 amide bonds. The monoisotopic (exact) mass is 305 g/mol. The molecule has 0 radical (unpaired) electrons. The van der Waals surface area contributed by atoms with Crippen LogP contribution in [-0.2, 0) is 9.31 Å². The molecule has 22 heavy (non-hydrogen) atoms. The van der Waals surface area contributed by atoms with Crippen molar-refractivity contribution in [2.45, 2.75) is 45.1 Å². The number of amides is 1. The highest BCUT2D eigenvalue weighted by Crippen LogP contribution is 2.36. The van der Waals surface area contributed by atoms with Crippen molar-refractivity contribution in [3.05, 3.63) is 29.8 Å². The lowest BCUT2D eigenvalue weighted by Crippen LogP contribution is -2.51. The topological polar surface area (TPSA) is 38.8 Å². The number of hydrogen-bond donors (Lipinski definition) is 0. The van der Waals surface area contributed by atoms with Gasteiger partial charge in [-0.3, -0.25) is 4.79 Å². The summed E-state index contributed by atoms with van der Waals surface area (Å²) < 4.78 is 24.9. The van der Waals surface area contributed by atoms with E-state index in [1.807, 2.05) is 33.8 Å². The summed E-state index contributed by atoms with van der Waals surface area (Å²) in [6, 6.07) is 7.20. The zero-order valence-electron chi connectivity index (χ0n) is 13.4. The van der Waals surface area contributed by atoms with Gasteiger partial charge in [0.25, 0.3) is 5.91 Å². The Hall–Kier alpha value is -1.40. The fourth-order valence-electron chi connectivity index (χ4n) is 2.57. The number of benzene rings is 1. The molecule has 2 saturated heterocycles. The van der Waals surface area contributed by atoms with Crippen molar-refractivity contribution < 1.29 is 18.5 Å². The number of carbonyl (C=O) groups is 1. The van der Waals surface area contributed by atoms with Crippen LogP contribution < -0.4 is 5.46 Å². The molecule has 0 aliphatic carbocycles. The first-order valence-electron chi connectivity index (χ1n) is 7.58. The molecule has 0 N–H and O–H groups in total. The molecule has 2 heterocycles. The number of rotatable bonds is 2. The van der Waals surface area contributed by atoms with E-state index in [1.165, 1.54) is 4.90 Å². The third-order valence-corrected chi connectivity index (χ3v) is 4.78. The van der Waals surface area contributed by atoms with Crippen molar-refractivity contribution in [1.82, 2.24) is 4.90 Å². The van der Waals surface area contributed by atoms with Crippen LogP contribution in [0, 0.1) is 0 Å². The van der Waals surface area contributed by atoms with Crippen LogP contribution in [0.3, 0.4) is 0 Å². The Labute approximate surface area is 130 Å². The van der Waals surface area contributed by atoms with Crippen molar-refractivity contribution >= 4 is 18.5 Å². The zero-order chi connectivity index (χ0) is 16.1. The molecular formula is C16H21BFNO3. The number of carbonyl (C=O) groups excluding carboxylic acids is 1. The van der Waals surface area contributed by atoms with E-state index >= 15 is 0 Å². The third-order valence-electron chi connectivity index (χ3n) is 4.78. The van der Waals surface area contributed by atoms with Crippen LogP contribution in [0.25, 0.3) is 0 Å². The molecule has 0 spiro atoms. The van der Waals surface area contributed by atoms with Gasteiger partial charge in [-0.05, 0) is 45.3 Å². The predicted octanol–water partition coefficient (Wildman–Crippen LogP) is 1.78. The van der Waals surface area contributed by atoms with E-state index in [0.29, 0.717) is 5.56 Å². The fourth-order valence-corrected chi connectivity index (χ4v) is 2.57. The maximum atomic E-state index is 12.9. The number of nitrogens with zero attached hydrogens (tertiary/aromatic N) is 1. The van der Waals surface area contributed by atoms with Crippen molar-refractivity contribution in [3.8, 4) is 0 Å². The molecule has 0 bridgehead atoms. The van der Waals surface area contributed by atoms with E-state index < -0.39 is 24.5 Å². The Kier molecular flexibility index (Phi) is 3.57. The van der Waals surface area contributed by atoms with Gasteiger partial charge in [0.1, 0.15) is 6.17 Å². The van der Waals surface area contributed by atoms with E-state index in [1.54, 1.807) is 18.2 Å². The molecule has 118 valence electrons. The molecule has 2 aliphatic rings. The molecule has 0 atom stereocenters. The smallest absolute Gasteiger partial charge is 0.399 e. The number of halogens is 1. The van der Waals surface area contributed by atoms with Gasteiger partial charge in [-0.2, -0.15) is 0 Å². The summed E-state index contributed by atoms with van der Waals surface area (Å²) in [5, 5.41) is 0. The van der Waals surface area contributed by atoms with Gasteiger partial charge in [0, 0.05) is 5.56 Å². The summed E-state index contributed by atoms with van der Waals surface area (Å²) in [6.07, 6.45) is -0.893. The largest absolute Gasteiger partial charge is 0.494 e. The van der Waals surface area contributed by atoms with Crippen LogP contribution in [0.15, 0.2) is 24.3 Å². The van der Waals surface area contributed by atoms with Crippen molar-refractivity contribution in [3.63, 3.8) is 0 Å². The van der Waals surface area contributed by atoms with E-state index in [9.17, 15) is 9.18 Å². The minimum absolute atomic E-state index is 0.146. The average molecular weight is 305 g/mol. The molecule has 1 aromatic carbocycles. The second kappa shape index (κ2) is 5.06. The van der Waals surface area contributed by atoms with Crippen LogP contribution in [0.4, 0.5) is 4.39 Å². The fraction of sp³-hybridized carbons (Fsp3) is 0.562. The van der Waals surface area contributed by atoms with Gasteiger partial charge < -0.3 is 14.2 Å². The molecular weight excluding hydrogens is 284 g/mol. The Morgan fingerprint density at radius 2 is 1.82 bits per heavy atom. The van der Waals surface area contributed by atoms with Gasteiger partial charge in [-0.1, -0.05) is 12.1 Å². The first-order chi connectivity index (χ1) is 10.2. The normalized spacial score (nSPS) is 23.5. The number of hydrogen-bond acceptors (Lipinski definition) is 3. The van der Waals surface area contributed by atoms with Crippen LogP contribution >= 0.6 is 0 Å². The van der Waals surface area contributed by atoms with Gasteiger partial charge >= 0.3 is 7.12 Å². The molecule has 0 aromatic heterocycles. The van der Waals surface area contributed by atoms with Crippen LogP contribution in [0.2, 0.25) is 0 Å². The van der Waals surface area contributed by atoms with E-state index in [-0.39, 0.29) is 19.0 Å². The minimum Gasteiger partial charge on any atom is -0.399 e. The summed E-state index contributed by atoms with van der Waals surface area (Å²) in [7, 11) is -0.497. The van der Waals surface area contributed by atoms with Gasteiger partial charge in [0.05, 0.1) is 24.3 Å². The lowest BCUT2D eigenvalue weighted by atomic mass is 9.78. The first kappa shape index (κ1) is 15.5. The van der Waals surface area contributed by atoms with Crippen molar-refractivity contribution in [2.75, 3.05) is 13.1 Å². The van der Waals surface area contributed by atoms with Gasteiger partial charge in [0.2, 0.25) is 0 Å². The molecule has 4 nitrogen and oxygen atoms in total. The Morgan fingerprint density at radius 1 is 1.23 bits per heavy atom. The highest BCUT2D eigenvalue weighted by Gasteiger charge is 2.51. The Morgan fingerprint density at radius 3 is 2.36 bits per heavy atom. The quantitative estimate of drug-likeness (QED) is 0.782. The van der Waals surface area contributed by atoms with Crippen LogP contribution in [-0.4, -0.2) is 48.4 Å². The Bertz CT molecular complexity index is 583. The van der Waals surface area contributed by atoms with E-state index in [4.69, 9.17) is 9.31 Å². The van der Waals surface area contributed by atoms with Crippen molar-refractivity contribution in [1.29, 1.82) is 0 Å². The highest BCUT2D eigenvalue weighted by atomic mass is 19.1. The lowest BCUT2D eigenvalue weighted by Gasteiger charge is -2.34. The molecule has 2 aliphatic heterocycles. The summed E-state index contributed by atoms with van der Waals surface area (Å²) in [4.78, 5) is 13.8. The van der Waals surface area contributed by atoms with Gasteiger partial charge in [-0.15, -0.1) is 0 Å². The molecule has 0 unspecified atom stereocenters. The molecule has 6 heteroatoms. The number of likely N-dealkylation sites (tertiary alicyclic amines) is 1. The first-order valence-corrected chi connectivity index (χ1v) is 7.58. The molecule has 1 aromatic rings. The highest BCUT2D eigenvalue weighted by molar-refractivity contribution is 6.62. The lowest BCUT2D eigenvalue weighted by molar-refractivity contribution is 0.00578. The molecule has 2 fully saturated rings. The third kappa shape index (κ3) is 2.54.